The Balaban J connectivity index is 3.26. The molecule has 2 nitrogen and oxygen atoms in total. The monoisotopic (exact) mass is 260 g/mol. The Morgan fingerprint density at radius 3 is 2.06 bits per heavy atom. The van der Waals surface area contributed by atoms with E-state index in [-0.39, 0.29) is 5.56 Å². The van der Waals surface area contributed by atoms with Gasteiger partial charge in [-0.1, -0.05) is 0 Å². The van der Waals surface area contributed by atoms with Gasteiger partial charge in [0.05, 0.1) is 0 Å². The van der Waals surface area contributed by atoms with Crippen LogP contribution in [0.2, 0.25) is 0 Å². The van der Waals surface area contributed by atoms with Gasteiger partial charge in [-0.3, -0.25) is 0 Å². The van der Waals surface area contributed by atoms with E-state index in [1.165, 1.54) is 19.1 Å². The predicted molar refractivity (Wildman–Crippen MR) is 54.0 cm³/mol. The molecule has 0 radical (unpaired) electrons. The molecule has 0 aliphatic heterocycles. The average Bonchev–Trinajstić information content (AvgIpc) is 2.06. The van der Waals surface area contributed by atoms with Crippen LogP contribution in [0.15, 0.2) is 18.2 Å². The molecule has 92 valence electrons. The van der Waals surface area contributed by atoms with Crippen LogP contribution in [0.4, 0.5) is 27.0 Å². The molecular formula is C8H10F5N2P. The SMILES string of the molecule is Cc1ccc(N(NF)P(F)(F)(F)F)c(C)c1. The number of hydrogen-bond donors (Lipinski definition) is 1. The van der Waals surface area contributed by atoms with Crippen LogP contribution >= 0.6 is 8.00 Å². The molecule has 0 unspecified atom stereocenters. The van der Waals surface area contributed by atoms with Gasteiger partial charge in [-0.2, -0.15) is 0 Å². The topological polar surface area (TPSA) is 15.3 Å². The van der Waals surface area contributed by atoms with E-state index >= 15 is 0 Å². The maximum absolute atomic E-state index is 12.5. The van der Waals surface area contributed by atoms with Crippen molar-refractivity contribution in [2.24, 2.45) is 0 Å². The van der Waals surface area contributed by atoms with Gasteiger partial charge >= 0.3 is 88.6 Å². The zero-order valence-electron chi connectivity index (χ0n) is 8.52. The van der Waals surface area contributed by atoms with Crippen molar-refractivity contribution in [2.75, 3.05) is 4.78 Å². The van der Waals surface area contributed by atoms with Crippen molar-refractivity contribution in [3.05, 3.63) is 29.3 Å². The van der Waals surface area contributed by atoms with Gasteiger partial charge in [-0.15, -0.1) is 0 Å². The summed E-state index contributed by atoms with van der Waals surface area (Å²) < 4.78 is 61.0. The fraction of sp³-hybridized carbons (Fsp3) is 0.250. The number of anilines is 1. The number of aryl methyl sites for hydroxylation is 2. The first-order valence-electron chi connectivity index (χ1n) is 4.25. The van der Waals surface area contributed by atoms with E-state index in [1.807, 2.05) is 0 Å². The van der Waals surface area contributed by atoms with Gasteiger partial charge in [0.2, 0.25) is 0 Å². The molecule has 0 spiro atoms. The van der Waals surface area contributed by atoms with Crippen LogP contribution in [0.1, 0.15) is 11.1 Å². The van der Waals surface area contributed by atoms with Crippen LogP contribution in [0.25, 0.3) is 0 Å². The molecule has 1 aromatic rings. The maximum atomic E-state index is 12.5. The second-order valence-corrected chi connectivity index (χ2v) is 5.14. The third kappa shape index (κ3) is 2.80. The quantitative estimate of drug-likeness (QED) is 0.372. The summed E-state index contributed by atoms with van der Waals surface area (Å²) in [6, 6.07) is 3.76. The molecule has 0 saturated carbocycles. The first-order valence-corrected chi connectivity index (χ1v) is 6.00. The van der Waals surface area contributed by atoms with Crippen LogP contribution in [-0.4, -0.2) is 0 Å². The van der Waals surface area contributed by atoms with E-state index in [2.05, 4.69) is 0 Å². The van der Waals surface area contributed by atoms with E-state index < -0.39 is 18.5 Å². The summed E-state index contributed by atoms with van der Waals surface area (Å²) >= 11 is 0. The summed E-state index contributed by atoms with van der Waals surface area (Å²) in [5, 5.41) is 0. The molecule has 0 aliphatic carbocycles. The Morgan fingerprint density at radius 1 is 1.12 bits per heavy atom. The fourth-order valence-electron chi connectivity index (χ4n) is 1.31. The number of rotatable bonds is 3. The molecule has 0 heterocycles. The molecule has 0 atom stereocenters. The van der Waals surface area contributed by atoms with Gasteiger partial charge < -0.3 is 0 Å². The van der Waals surface area contributed by atoms with Crippen LogP contribution in [0.5, 0.6) is 0 Å². The molecule has 0 aliphatic rings. The van der Waals surface area contributed by atoms with Gasteiger partial charge in [-0.25, -0.2) is 0 Å². The van der Waals surface area contributed by atoms with E-state index in [1.54, 1.807) is 6.92 Å². The van der Waals surface area contributed by atoms with Crippen LogP contribution < -0.4 is 10.4 Å². The molecule has 8 heteroatoms. The van der Waals surface area contributed by atoms with Crippen LogP contribution in [0.3, 0.4) is 0 Å². The molecule has 1 rings (SSSR count). The van der Waals surface area contributed by atoms with Crippen LogP contribution in [-0.2, 0) is 0 Å². The minimum absolute atomic E-state index is 0.129. The predicted octanol–water partition coefficient (Wildman–Crippen LogP) is 4.51. The number of hydrazine groups is 1. The first kappa shape index (κ1) is 13.1. The van der Waals surface area contributed by atoms with Crippen molar-refractivity contribution >= 4 is 13.7 Å². The Kier molecular flexibility index (Phi) is 3.13. The van der Waals surface area contributed by atoms with Crippen molar-refractivity contribution in [2.45, 2.75) is 13.8 Å². The molecule has 16 heavy (non-hydrogen) atoms. The van der Waals surface area contributed by atoms with Gasteiger partial charge in [0.15, 0.2) is 0 Å². The van der Waals surface area contributed by atoms with Crippen molar-refractivity contribution < 1.29 is 21.3 Å². The average molecular weight is 260 g/mol. The zero-order chi connectivity index (χ0) is 12.6. The fourth-order valence-corrected chi connectivity index (χ4v) is 1.97. The van der Waals surface area contributed by atoms with Crippen molar-refractivity contribution in [3.8, 4) is 0 Å². The summed E-state index contributed by atoms with van der Waals surface area (Å²) in [6.45, 7) is 3.01. The van der Waals surface area contributed by atoms with Gasteiger partial charge in [0.25, 0.3) is 0 Å². The second kappa shape index (κ2) is 3.82. The summed E-state index contributed by atoms with van der Waals surface area (Å²) in [5.74, 6) is 0. The number of nitrogens with one attached hydrogen (secondary N) is 1. The molecule has 0 amide bonds. The number of nitrogens with zero attached hydrogens (tertiary/aromatic N) is 1. The standard InChI is InChI=1S/C8H10F5N2P/c1-6-3-4-8(7(2)5-6)15(14-9)16(10,11,12)13/h3-5,14H,1-2H3. The van der Waals surface area contributed by atoms with E-state index in [4.69, 9.17) is 0 Å². The minimum atomic E-state index is -8.20. The molecule has 0 saturated heterocycles. The summed E-state index contributed by atoms with van der Waals surface area (Å²) in [7, 11) is -8.20. The molecule has 1 aromatic carbocycles. The van der Waals surface area contributed by atoms with Crippen molar-refractivity contribution in [1.82, 2.24) is 5.65 Å². The first-order chi connectivity index (χ1) is 7.12. The Bertz CT molecular complexity index is 394. The van der Waals surface area contributed by atoms with E-state index in [9.17, 15) is 21.3 Å². The Morgan fingerprint density at radius 2 is 1.69 bits per heavy atom. The van der Waals surface area contributed by atoms with Gasteiger partial charge in [0.1, 0.15) is 0 Å². The summed E-state index contributed by atoms with van der Waals surface area (Å²) in [6.07, 6.45) is 0. The Labute approximate surface area is 89.4 Å². The number of halogens is 5. The normalized spacial score (nSPS) is 14.3. The zero-order valence-corrected chi connectivity index (χ0v) is 9.41. The van der Waals surface area contributed by atoms with Crippen molar-refractivity contribution in [1.29, 1.82) is 0 Å². The van der Waals surface area contributed by atoms with Crippen molar-refractivity contribution in [3.63, 3.8) is 0 Å². The number of hydrogen-bond acceptors (Lipinski definition) is 2. The molecule has 1 N–H and O–H groups in total. The van der Waals surface area contributed by atoms with E-state index in [0.717, 1.165) is 6.07 Å². The molecule has 0 fully saturated rings. The second-order valence-electron chi connectivity index (χ2n) is 3.37. The Hall–Kier alpha value is -0.940. The van der Waals surface area contributed by atoms with Crippen LogP contribution in [0, 0.1) is 13.8 Å². The molecular weight excluding hydrogens is 250 g/mol. The third-order valence-corrected chi connectivity index (χ3v) is 2.86. The molecule has 0 bridgehead atoms. The summed E-state index contributed by atoms with van der Waals surface area (Å²) in [5.41, 5.74) is 0.602. The third-order valence-electron chi connectivity index (χ3n) is 1.96. The van der Waals surface area contributed by atoms with Gasteiger partial charge in [0, 0.05) is 0 Å². The van der Waals surface area contributed by atoms with Gasteiger partial charge in [-0.05, 0) is 0 Å². The number of benzene rings is 1. The summed E-state index contributed by atoms with van der Waals surface area (Å²) in [4.78, 5) is 0. The van der Waals surface area contributed by atoms with E-state index in [0.29, 0.717) is 11.2 Å². The molecule has 0 aromatic heterocycles.